The molecule has 3 rings (SSSR count). The van der Waals surface area contributed by atoms with Gasteiger partial charge in [0.05, 0.1) is 18.5 Å². The van der Waals surface area contributed by atoms with Crippen LogP contribution in [0.5, 0.6) is 5.75 Å². The van der Waals surface area contributed by atoms with Crippen molar-refractivity contribution in [3.8, 4) is 5.75 Å². The first-order valence-corrected chi connectivity index (χ1v) is 8.23. The number of phenolic OH excluding ortho intramolecular Hbond substituents is 1. The number of anilines is 1. The Labute approximate surface area is 153 Å². The quantitative estimate of drug-likeness (QED) is 0.319. The van der Waals surface area contributed by atoms with Crippen LogP contribution in [0.25, 0.3) is 11.2 Å². The van der Waals surface area contributed by atoms with Gasteiger partial charge in [0, 0.05) is 6.54 Å². The average molecular weight is 373 g/mol. The third-order valence-electron chi connectivity index (χ3n) is 3.93. The Balaban J connectivity index is 1.74. The fourth-order valence-corrected chi connectivity index (χ4v) is 2.44. The summed E-state index contributed by atoms with van der Waals surface area (Å²) >= 11 is 0. The van der Waals surface area contributed by atoms with E-state index in [4.69, 9.17) is 5.11 Å². The molecule has 10 heteroatoms. The summed E-state index contributed by atoms with van der Waals surface area (Å²) in [5, 5.41) is 40.5. The monoisotopic (exact) mass is 373 g/mol. The minimum Gasteiger partial charge on any atom is -0.508 e. The normalized spacial score (nSPS) is 13.4. The largest absolute Gasteiger partial charge is 0.508 e. The van der Waals surface area contributed by atoms with E-state index in [2.05, 4.69) is 25.3 Å². The maximum atomic E-state index is 12.2. The van der Waals surface area contributed by atoms with Crippen molar-refractivity contribution in [2.24, 2.45) is 0 Å². The fraction of sp³-hybridized carbons (Fsp3) is 0.294. The summed E-state index contributed by atoms with van der Waals surface area (Å²) in [6, 6.07) is 6.79. The number of phenols is 1. The van der Waals surface area contributed by atoms with Crippen LogP contribution >= 0.6 is 0 Å². The number of rotatable bonds is 7. The summed E-state index contributed by atoms with van der Waals surface area (Å²) in [6.07, 6.45) is -1.05. The second-order valence-corrected chi connectivity index (χ2v) is 5.92. The van der Waals surface area contributed by atoms with Crippen molar-refractivity contribution < 1.29 is 20.4 Å². The third kappa shape index (κ3) is 4.37. The molecule has 0 saturated carbocycles. The highest BCUT2D eigenvalue weighted by Gasteiger charge is 2.20. The second kappa shape index (κ2) is 8.08. The summed E-state index contributed by atoms with van der Waals surface area (Å²) in [5.41, 5.74) is 0.418. The lowest BCUT2D eigenvalue weighted by atomic mass is 10.1. The number of aliphatic hydroxyl groups is 3. The summed E-state index contributed by atoms with van der Waals surface area (Å²) in [6.45, 7) is -0.161. The number of nitrogens with zero attached hydrogens (tertiary/aromatic N) is 3. The van der Waals surface area contributed by atoms with Gasteiger partial charge in [0.1, 0.15) is 18.0 Å². The minimum atomic E-state index is -1.46. The fourth-order valence-electron chi connectivity index (χ4n) is 2.44. The van der Waals surface area contributed by atoms with Gasteiger partial charge >= 0.3 is 0 Å². The number of benzene rings is 1. The molecule has 0 spiro atoms. The Hall–Kier alpha value is -3.08. The number of hydrogen-bond donors (Lipinski definition) is 6. The van der Waals surface area contributed by atoms with Crippen molar-refractivity contribution in [3.05, 3.63) is 52.1 Å². The highest BCUT2D eigenvalue weighted by atomic mass is 16.4. The van der Waals surface area contributed by atoms with Gasteiger partial charge in [0.25, 0.3) is 5.56 Å². The maximum absolute atomic E-state index is 12.2. The van der Waals surface area contributed by atoms with E-state index in [1.54, 1.807) is 24.3 Å². The summed E-state index contributed by atoms with van der Waals surface area (Å²) in [5.74, 6) is 0.422. The molecule has 3 aromatic rings. The van der Waals surface area contributed by atoms with E-state index in [-0.39, 0.29) is 28.6 Å². The zero-order valence-corrected chi connectivity index (χ0v) is 14.2. The number of hydrogen-bond acceptors (Lipinski definition) is 9. The molecule has 0 aliphatic rings. The van der Waals surface area contributed by atoms with Crippen molar-refractivity contribution in [2.75, 3.05) is 18.5 Å². The van der Waals surface area contributed by atoms with Crippen molar-refractivity contribution in [1.82, 2.24) is 19.9 Å². The zero-order valence-electron chi connectivity index (χ0n) is 14.2. The molecule has 0 saturated heterocycles. The van der Waals surface area contributed by atoms with Crippen LogP contribution in [0.4, 0.5) is 5.95 Å². The third-order valence-corrected chi connectivity index (χ3v) is 3.93. The second-order valence-electron chi connectivity index (χ2n) is 5.92. The van der Waals surface area contributed by atoms with E-state index in [1.807, 2.05) is 0 Å². The SMILES string of the molecule is O=c1[nH]c(NCCc2ccc(O)cc2)nc2ncc(C(O)C(O)CO)nc12. The molecule has 1 aromatic carbocycles. The van der Waals surface area contributed by atoms with Crippen LogP contribution in [0.3, 0.4) is 0 Å². The smallest absolute Gasteiger partial charge is 0.280 e. The number of aliphatic hydroxyl groups excluding tert-OH is 3. The maximum Gasteiger partial charge on any atom is 0.280 e. The first-order valence-electron chi connectivity index (χ1n) is 8.23. The van der Waals surface area contributed by atoms with Gasteiger partial charge in [-0.3, -0.25) is 9.78 Å². The molecule has 0 aliphatic heterocycles. The van der Waals surface area contributed by atoms with Gasteiger partial charge < -0.3 is 25.7 Å². The topological polar surface area (TPSA) is 164 Å². The van der Waals surface area contributed by atoms with Crippen LogP contribution < -0.4 is 10.9 Å². The molecule has 2 unspecified atom stereocenters. The van der Waals surface area contributed by atoms with Gasteiger partial charge in [-0.2, -0.15) is 4.98 Å². The molecular weight excluding hydrogens is 354 g/mol. The Kier molecular flexibility index (Phi) is 5.60. The van der Waals surface area contributed by atoms with E-state index >= 15 is 0 Å². The summed E-state index contributed by atoms with van der Waals surface area (Å²) < 4.78 is 0. The molecular formula is C17H19N5O5. The molecule has 27 heavy (non-hydrogen) atoms. The Morgan fingerprint density at radius 2 is 1.89 bits per heavy atom. The molecule has 6 N–H and O–H groups in total. The Morgan fingerprint density at radius 3 is 2.59 bits per heavy atom. The van der Waals surface area contributed by atoms with E-state index in [0.29, 0.717) is 13.0 Å². The lowest BCUT2D eigenvalue weighted by Crippen LogP contribution is -2.24. The number of fused-ring (bicyclic) bond motifs is 1. The van der Waals surface area contributed by atoms with Crippen LogP contribution in [-0.4, -0.2) is 59.6 Å². The van der Waals surface area contributed by atoms with Gasteiger partial charge in [-0.1, -0.05) is 12.1 Å². The highest BCUT2D eigenvalue weighted by molar-refractivity contribution is 5.69. The lowest BCUT2D eigenvalue weighted by Gasteiger charge is -2.14. The predicted molar refractivity (Wildman–Crippen MR) is 96.3 cm³/mol. The van der Waals surface area contributed by atoms with Crippen LogP contribution in [0, 0.1) is 0 Å². The van der Waals surface area contributed by atoms with Gasteiger partial charge in [-0.25, -0.2) is 9.97 Å². The van der Waals surface area contributed by atoms with E-state index in [1.165, 1.54) is 6.20 Å². The van der Waals surface area contributed by atoms with Crippen molar-refractivity contribution in [3.63, 3.8) is 0 Å². The number of aromatic nitrogens is 4. The van der Waals surface area contributed by atoms with E-state index in [0.717, 1.165) is 5.56 Å². The van der Waals surface area contributed by atoms with Gasteiger partial charge in [-0.15, -0.1) is 0 Å². The first kappa shape index (κ1) is 18.7. The van der Waals surface area contributed by atoms with Crippen LogP contribution in [0.1, 0.15) is 17.4 Å². The number of H-pyrrole nitrogens is 1. The van der Waals surface area contributed by atoms with Crippen LogP contribution in [0.2, 0.25) is 0 Å². The minimum absolute atomic E-state index is 0.0376. The van der Waals surface area contributed by atoms with Crippen molar-refractivity contribution in [2.45, 2.75) is 18.6 Å². The molecule has 0 bridgehead atoms. The van der Waals surface area contributed by atoms with Gasteiger partial charge in [-0.05, 0) is 24.1 Å². The van der Waals surface area contributed by atoms with Gasteiger partial charge in [0.2, 0.25) is 5.95 Å². The first-order chi connectivity index (χ1) is 13.0. The Morgan fingerprint density at radius 1 is 1.15 bits per heavy atom. The number of aromatic hydroxyl groups is 1. The van der Waals surface area contributed by atoms with Crippen LogP contribution in [0.15, 0.2) is 35.3 Å². The average Bonchev–Trinajstić information content (AvgIpc) is 2.68. The predicted octanol–water partition coefficient (Wildman–Crippen LogP) is -0.540. The number of aromatic amines is 1. The van der Waals surface area contributed by atoms with E-state index in [9.17, 15) is 20.1 Å². The standard InChI is InChI=1S/C17H19N5O5/c23-8-12(25)14(26)11-7-19-15-13(20-11)16(27)22-17(21-15)18-6-5-9-1-3-10(24)4-2-9/h1-4,7,12,14,23-26H,5-6,8H2,(H2,18,19,21,22,27). The molecule has 10 nitrogen and oxygen atoms in total. The molecule has 142 valence electrons. The Bertz CT molecular complexity index is 976. The van der Waals surface area contributed by atoms with Crippen molar-refractivity contribution >= 4 is 17.1 Å². The lowest BCUT2D eigenvalue weighted by molar-refractivity contribution is -0.0173. The molecule has 2 aromatic heterocycles. The van der Waals surface area contributed by atoms with E-state index < -0.39 is 24.4 Å². The van der Waals surface area contributed by atoms with Crippen molar-refractivity contribution in [1.29, 1.82) is 0 Å². The molecule has 0 fully saturated rings. The number of nitrogens with one attached hydrogen (secondary N) is 2. The summed E-state index contributed by atoms with van der Waals surface area (Å²) in [7, 11) is 0. The van der Waals surface area contributed by atoms with Crippen LogP contribution in [-0.2, 0) is 6.42 Å². The molecule has 0 amide bonds. The molecule has 0 radical (unpaired) electrons. The highest BCUT2D eigenvalue weighted by Crippen LogP contribution is 2.15. The molecule has 2 atom stereocenters. The molecule has 0 aliphatic carbocycles. The zero-order chi connectivity index (χ0) is 19.4. The van der Waals surface area contributed by atoms with Gasteiger partial charge in [0.15, 0.2) is 11.2 Å². The summed E-state index contributed by atoms with van der Waals surface area (Å²) in [4.78, 5) is 26.9. The molecule has 2 heterocycles.